The van der Waals surface area contributed by atoms with Gasteiger partial charge in [0.2, 0.25) is 0 Å². The zero-order valence-electron chi connectivity index (χ0n) is 26.2. The molecule has 0 saturated carbocycles. The molecule has 0 saturated heterocycles. The molecule has 1 aliphatic rings. The minimum absolute atomic E-state index is 0.742. The summed E-state index contributed by atoms with van der Waals surface area (Å²) in [5, 5.41) is 6.13. The topological polar surface area (TPSA) is 35.6 Å². The van der Waals surface area contributed by atoms with E-state index in [0.29, 0.717) is 0 Å². The first-order valence-corrected chi connectivity index (χ1v) is 17.3. The maximum atomic E-state index is 5.18. The highest BCUT2D eigenvalue weighted by Crippen LogP contribution is 2.47. The largest absolute Gasteiger partial charge is 0.309 e. The number of hydrogen-bond donors (Lipinski definition) is 0. The van der Waals surface area contributed by atoms with E-state index >= 15 is 0 Å². The van der Waals surface area contributed by atoms with Crippen LogP contribution in [0.3, 0.4) is 0 Å². The zero-order chi connectivity index (χ0) is 32.1. The van der Waals surface area contributed by atoms with E-state index in [9.17, 15) is 0 Å². The Kier molecular flexibility index (Phi) is 5.57. The van der Waals surface area contributed by atoms with Crippen molar-refractivity contribution in [3.05, 3.63) is 158 Å². The van der Waals surface area contributed by atoms with Crippen LogP contribution >= 0.6 is 11.8 Å². The van der Waals surface area contributed by atoms with Crippen molar-refractivity contribution in [2.75, 3.05) is 0 Å². The molecule has 0 amide bonds. The minimum atomic E-state index is 0.742. The van der Waals surface area contributed by atoms with Crippen molar-refractivity contribution < 1.29 is 0 Å². The minimum Gasteiger partial charge on any atom is -0.309 e. The van der Waals surface area contributed by atoms with E-state index in [2.05, 4.69) is 167 Å². The van der Waals surface area contributed by atoms with Gasteiger partial charge >= 0.3 is 0 Å². The Labute approximate surface area is 285 Å². The summed E-state index contributed by atoms with van der Waals surface area (Å²) in [7, 11) is 0. The molecule has 49 heavy (non-hydrogen) atoms. The molecule has 10 aromatic rings. The molecule has 7 aromatic carbocycles. The monoisotopic (exact) mass is 642 g/mol. The lowest BCUT2D eigenvalue weighted by Crippen LogP contribution is -2.00. The Hall–Kier alpha value is -6.17. The summed E-state index contributed by atoms with van der Waals surface area (Å²) in [5.41, 5.74) is 11.2. The highest BCUT2D eigenvalue weighted by molar-refractivity contribution is 7.99. The molecule has 3 aromatic heterocycles. The number of aromatic nitrogens is 4. The summed E-state index contributed by atoms with van der Waals surface area (Å²) < 4.78 is 4.76. The van der Waals surface area contributed by atoms with Crippen LogP contribution in [0.25, 0.3) is 88.5 Å². The van der Waals surface area contributed by atoms with Crippen molar-refractivity contribution in [1.82, 2.24) is 19.1 Å². The van der Waals surface area contributed by atoms with E-state index in [1.807, 2.05) is 0 Å². The molecule has 4 heterocycles. The lowest BCUT2D eigenvalue weighted by molar-refractivity contribution is 1.16. The van der Waals surface area contributed by atoms with E-state index in [1.165, 1.54) is 59.0 Å². The number of rotatable bonds is 3. The average molecular weight is 643 g/mol. The van der Waals surface area contributed by atoms with Crippen LogP contribution in [0.2, 0.25) is 0 Å². The second kappa shape index (κ2) is 10.2. The Balaban J connectivity index is 1.06. The molecule has 4 nitrogen and oxygen atoms in total. The standard InChI is InChI=1S/C44H26N4S/c1-5-15-36-30(10-1)31-11-2-6-16-37(31)48(36)29-24-25-39-34(26-29)32-12-3-7-17-38(32)47(39)28-22-20-27(21-23-28)44-45-35-14-9-19-41-42(35)43(46-44)33-13-4-8-18-40(33)49-41/h1-26H. The van der Waals surface area contributed by atoms with Crippen molar-refractivity contribution in [1.29, 1.82) is 0 Å². The molecule has 0 aliphatic carbocycles. The fraction of sp³-hybridized carbons (Fsp3) is 0. The first-order valence-electron chi connectivity index (χ1n) is 16.5. The Morgan fingerprint density at radius 3 is 1.73 bits per heavy atom. The molecule has 0 fully saturated rings. The Morgan fingerprint density at radius 2 is 1.00 bits per heavy atom. The van der Waals surface area contributed by atoms with Gasteiger partial charge in [0, 0.05) is 59.2 Å². The highest BCUT2D eigenvalue weighted by Gasteiger charge is 2.22. The quantitative estimate of drug-likeness (QED) is 0.192. The lowest BCUT2D eigenvalue weighted by atomic mass is 10.0. The summed E-state index contributed by atoms with van der Waals surface area (Å²) in [4.78, 5) is 12.7. The number of nitrogens with zero attached hydrogens (tertiary/aromatic N) is 4. The summed E-state index contributed by atoms with van der Waals surface area (Å²) in [6.07, 6.45) is 0. The van der Waals surface area contributed by atoms with E-state index in [0.717, 1.165) is 39.4 Å². The molecule has 0 bridgehead atoms. The van der Waals surface area contributed by atoms with Gasteiger partial charge in [0.25, 0.3) is 0 Å². The van der Waals surface area contributed by atoms with Gasteiger partial charge in [-0.25, -0.2) is 9.97 Å². The van der Waals surface area contributed by atoms with Crippen molar-refractivity contribution in [3.63, 3.8) is 0 Å². The van der Waals surface area contributed by atoms with E-state index < -0.39 is 0 Å². The highest BCUT2D eigenvalue weighted by atomic mass is 32.2. The lowest BCUT2D eigenvalue weighted by Gasteiger charge is -2.19. The van der Waals surface area contributed by atoms with Crippen LogP contribution in [0.15, 0.2) is 168 Å². The predicted octanol–water partition coefficient (Wildman–Crippen LogP) is 11.6. The van der Waals surface area contributed by atoms with Gasteiger partial charge in [0.05, 0.1) is 33.3 Å². The molecule has 228 valence electrons. The molecular formula is C44H26N4S. The first kappa shape index (κ1) is 26.9. The summed E-state index contributed by atoms with van der Waals surface area (Å²) in [6, 6.07) is 56.5. The zero-order valence-corrected chi connectivity index (χ0v) is 27.0. The molecule has 11 rings (SSSR count). The van der Waals surface area contributed by atoms with Crippen LogP contribution in [0.1, 0.15) is 0 Å². The van der Waals surface area contributed by atoms with E-state index in [4.69, 9.17) is 9.97 Å². The molecule has 0 unspecified atom stereocenters. The molecule has 0 spiro atoms. The molecular weight excluding hydrogens is 617 g/mol. The SMILES string of the molecule is c1ccc2c(c1)Sc1cccc3nc(-c4ccc(-n5c6ccccc6c6cc(-n7c8ccccc8c8ccccc87)ccc65)cc4)nc-2c13. The summed E-state index contributed by atoms with van der Waals surface area (Å²) in [5.74, 6) is 0.742. The Morgan fingerprint density at radius 1 is 0.429 bits per heavy atom. The van der Waals surface area contributed by atoms with Crippen LogP contribution < -0.4 is 0 Å². The molecule has 0 atom stereocenters. The van der Waals surface area contributed by atoms with Gasteiger partial charge in [-0.3, -0.25) is 0 Å². The van der Waals surface area contributed by atoms with Crippen molar-refractivity contribution in [2.24, 2.45) is 0 Å². The normalized spacial score (nSPS) is 12.4. The smallest absolute Gasteiger partial charge is 0.160 e. The van der Waals surface area contributed by atoms with Gasteiger partial charge in [-0.15, -0.1) is 0 Å². The number of fused-ring (bicyclic) bond motifs is 8. The van der Waals surface area contributed by atoms with Crippen LogP contribution in [0.4, 0.5) is 0 Å². The molecule has 1 aliphatic heterocycles. The van der Waals surface area contributed by atoms with Crippen molar-refractivity contribution >= 4 is 66.3 Å². The molecule has 5 heteroatoms. The van der Waals surface area contributed by atoms with Crippen LogP contribution in [0, 0.1) is 0 Å². The van der Waals surface area contributed by atoms with Crippen LogP contribution in [0.5, 0.6) is 0 Å². The number of para-hydroxylation sites is 3. The second-order valence-electron chi connectivity index (χ2n) is 12.6. The third kappa shape index (κ3) is 3.88. The third-order valence-electron chi connectivity index (χ3n) is 9.93. The Bertz CT molecular complexity index is 2920. The van der Waals surface area contributed by atoms with Crippen LogP contribution in [-0.4, -0.2) is 19.1 Å². The van der Waals surface area contributed by atoms with Gasteiger partial charge in [0.15, 0.2) is 5.82 Å². The van der Waals surface area contributed by atoms with Crippen molar-refractivity contribution in [2.45, 2.75) is 9.79 Å². The van der Waals surface area contributed by atoms with Gasteiger partial charge in [0.1, 0.15) is 0 Å². The van der Waals surface area contributed by atoms with Crippen LogP contribution in [-0.2, 0) is 0 Å². The fourth-order valence-corrected chi connectivity index (χ4v) is 8.88. The number of hydrogen-bond acceptors (Lipinski definition) is 3. The van der Waals surface area contributed by atoms with Gasteiger partial charge in [-0.1, -0.05) is 90.6 Å². The van der Waals surface area contributed by atoms with Gasteiger partial charge in [-0.2, -0.15) is 0 Å². The third-order valence-corrected chi connectivity index (χ3v) is 11.1. The average Bonchev–Trinajstić information content (AvgIpc) is 3.67. The second-order valence-corrected chi connectivity index (χ2v) is 13.7. The van der Waals surface area contributed by atoms with Gasteiger partial charge < -0.3 is 9.13 Å². The number of benzene rings is 7. The first-order chi connectivity index (χ1) is 24.3. The summed E-state index contributed by atoms with van der Waals surface area (Å²) >= 11 is 1.80. The summed E-state index contributed by atoms with van der Waals surface area (Å²) in [6.45, 7) is 0. The maximum absolute atomic E-state index is 5.18. The molecule has 0 radical (unpaired) electrons. The van der Waals surface area contributed by atoms with Crippen molar-refractivity contribution in [3.8, 4) is 34.0 Å². The van der Waals surface area contributed by atoms with Gasteiger partial charge in [-0.05, 0) is 78.9 Å². The van der Waals surface area contributed by atoms with E-state index in [1.54, 1.807) is 11.8 Å². The predicted molar refractivity (Wildman–Crippen MR) is 203 cm³/mol. The van der Waals surface area contributed by atoms with E-state index in [-0.39, 0.29) is 0 Å². The fourth-order valence-electron chi connectivity index (χ4n) is 7.77. The maximum Gasteiger partial charge on any atom is 0.160 e. The molecule has 0 N–H and O–H groups in total.